The van der Waals surface area contributed by atoms with Crippen molar-refractivity contribution in [3.63, 3.8) is 0 Å². The number of ether oxygens (including phenoxy) is 3. The predicted molar refractivity (Wildman–Crippen MR) is 96.1 cm³/mol. The van der Waals surface area contributed by atoms with Gasteiger partial charge >= 0.3 is 0 Å². The minimum absolute atomic E-state index is 0.306. The van der Waals surface area contributed by atoms with Crippen molar-refractivity contribution >= 4 is 0 Å². The van der Waals surface area contributed by atoms with E-state index in [-0.39, 0.29) is 0 Å². The molecule has 4 heteroatoms. The number of nitrogens with one attached hydrogen (secondary N) is 1. The molecule has 0 spiro atoms. The molecule has 1 heterocycles. The predicted octanol–water partition coefficient (Wildman–Crippen LogP) is 4.50. The highest BCUT2D eigenvalue weighted by Crippen LogP contribution is 2.32. The Hall–Kier alpha value is -2.98. The minimum atomic E-state index is 0.306. The van der Waals surface area contributed by atoms with E-state index in [0.717, 1.165) is 36.1 Å². The van der Waals surface area contributed by atoms with Crippen LogP contribution in [0.4, 0.5) is 0 Å². The number of para-hydroxylation sites is 1. The maximum Gasteiger partial charge on any atom is 0.231 e. The van der Waals surface area contributed by atoms with Gasteiger partial charge < -0.3 is 19.5 Å². The molecule has 4 rings (SSSR count). The van der Waals surface area contributed by atoms with Crippen LogP contribution >= 0.6 is 0 Å². The first-order chi connectivity index (χ1) is 12.4. The second kappa shape index (κ2) is 7.28. The van der Waals surface area contributed by atoms with E-state index in [2.05, 4.69) is 23.5 Å². The summed E-state index contributed by atoms with van der Waals surface area (Å²) in [7, 11) is 0. The Morgan fingerprint density at radius 2 is 1.48 bits per heavy atom. The summed E-state index contributed by atoms with van der Waals surface area (Å²) < 4.78 is 16.6. The van der Waals surface area contributed by atoms with Gasteiger partial charge in [0.25, 0.3) is 0 Å². The van der Waals surface area contributed by atoms with Crippen LogP contribution in [0.5, 0.6) is 23.0 Å². The molecule has 4 nitrogen and oxygen atoms in total. The molecule has 0 atom stereocenters. The molecule has 1 aliphatic rings. The quantitative estimate of drug-likeness (QED) is 0.721. The lowest BCUT2D eigenvalue weighted by Gasteiger charge is -2.09. The summed E-state index contributed by atoms with van der Waals surface area (Å²) in [5.41, 5.74) is 2.34. The Bertz CT molecular complexity index is 849. The Labute approximate surface area is 147 Å². The van der Waals surface area contributed by atoms with Crippen LogP contribution < -0.4 is 19.5 Å². The fourth-order valence-electron chi connectivity index (χ4n) is 2.75. The minimum Gasteiger partial charge on any atom is -0.457 e. The van der Waals surface area contributed by atoms with Crippen LogP contribution in [0.15, 0.2) is 72.8 Å². The third kappa shape index (κ3) is 3.92. The molecule has 126 valence electrons. The van der Waals surface area contributed by atoms with Crippen molar-refractivity contribution in [3.05, 3.63) is 83.9 Å². The summed E-state index contributed by atoms with van der Waals surface area (Å²) in [4.78, 5) is 0. The molecule has 1 aliphatic heterocycles. The highest BCUT2D eigenvalue weighted by molar-refractivity contribution is 5.44. The molecule has 0 unspecified atom stereocenters. The van der Waals surface area contributed by atoms with Gasteiger partial charge in [-0.3, -0.25) is 0 Å². The maximum absolute atomic E-state index is 5.88. The molecule has 0 saturated carbocycles. The fourth-order valence-corrected chi connectivity index (χ4v) is 2.75. The lowest BCUT2D eigenvalue weighted by molar-refractivity contribution is 0.174. The summed E-state index contributed by atoms with van der Waals surface area (Å²) in [5.74, 6) is 3.31. The average Bonchev–Trinajstić information content (AvgIpc) is 3.11. The van der Waals surface area contributed by atoms with Crippen molar-refractivity contribution in [2.75, 3.05) is 6.79 Å². The van der Waals surface area contributed by atoms with Gasteiger partial charge in [-0.2, -0.15) is 0 Å². The van der Waals surface area contributed by atoms with E-state index in [1.807, 2.05) is 54.6 Å². The van der Waals surface area contributed by atoms with Gasteiger partial charge in [0, 0.05) is 13.1 Å². The molecule has 0 bridgehead atoms. The molecule has 0 aromatic heterocycles. The van der Waals surface area contributed by atoms with Gasteiger partial charge in [-0.05, 0) is 47.5 Å². The van der Waals surface area contributed by atoms with Gasteiger partial charge in [0.2, 0.25) is 6.79 Å². The number of rotatable bonds is 6. The highest BCUT2D eigenvalue weighted by Gasteiger charge is 2.12. The molecule has 0 aliphatic carbocycles. The van der Waals surface area contributed by atoms with Crippen molar-refractivity contribution in [3.8, 4) is 23.0 Å². The Balaban J connectivity index is 1.34. The van der Waals surface area contributed by atoms with Crippen LogP contribution in [0.3, 0.4) is 0 Å². The van der Waals surface area contributed by atoms with E-state index in [4.69, 9.17) is 14.2 Å². The molecule has 0 fully saturated rings. The molecular formula is C21H19NO3. The first-order valence-corrected chi connectivity index (χ1v) is 8.28. The summed E-state index contributed by atoms with van der Waals surface area (Å²) in [5, 5.41) is 3.45. The first kappa shape index (κ1) is 15.5. The van der Waals surface area contributed by atoms with Gasteiger partial charge in [0.15, 0.2) is 11.5 Å². The SMILES string of the molecule is c1ccc(Oc2cccc(CNCc3ccc4c(c3)OCO4)c2)cc1. The Morgan fingerprint density at radius 1 is 0.720 bits per heavy atom. The van der Waals surface area contributed by atoms with Crippen LogP contribution in [-0.2, 0) is 13.1 Å². The topological polar surface area (TPSA) is 39.7 Å². The molecule has 3 aromatic carbocycles. The third-order valence-electron chi connectivity index (χ3n) is 3.97. The summed E-state index contributed by atoms with van der Waals surface area (Å²) in [6.07, 6.45) is 0. The van der Waals surface area contributed by atoms with E-state index >= 15 is 0 Å². The van der Waals surface area contributed by atoms with Crippen molar-refractivity contribution in [2.45, 2.75) is 13.1 Å². The van der Waals surface area contributed by atoms with Gasteiger partial charge in [0.1, 0.15) is 11.5 Å². The van der Waals surface area contributed by atoms with Crippen LogP contribution in [0, 0.1) is 0 Å². The van der Waals surface area contributed by atoms with Crippen molar-refractivity contribution < 1.29 is 14.2 Å². The molecule has 0 amide bonds. The van der Waals surface area contributed by atoms with Crippen LogP contribution in [0.25, 0.3) is 0 Å². The highest BCUT2D eigenvalue weighted by atomic mass is 16.7. The molecule has 0 saturated heterocycles. The van der Waals surface area contributed by atoms with Gasteiger partial charge in [-0.1, -0.05) is 36.4 Å². The zero-order chi connectivity index (χ0) is 16.9. The second-order valence-corrected chi connectivity index (χ2v) is 5.85. The smallest absolute Gasteiger partial charge is 0.231 e. The average molecular weight is 333 g/mol. The third-order valence-corrected chi connectivity index (χ3v) is 3.97. The van der Waals surface area contributed by atoms with Gasteiger partial charge in [-0.25, -0.2) is 0 Å². The molecular weight excluding hydrogens is 314 g/mol. The lowest BCUT2D eigenvalue weighted by Crippen LogP contribution is -2.12. The van der Waals surface area contributed by atoms with Crippen LogP contribution in [0.2, 0.25) is 0 Å². The maximum atomic E-state index is 5.88. The van der Waals surface area contributed by atoms with Crippen LogP contribution in [-0.4, -0.2) is 6.79 Å². The zero-order valence-corrected chi connectivity index (χ0v) is 13.8. The molecule has 1 N–H and O–H groups in total. The Morgan fingerprint density at radius 3 is 2.36 bits per heavy atom. The first-order valence-electron chi connectivity index (χ1n) is 8.28. The lowest BCUT2D eigenvalue weighted by atomic mass is 10.2. The number of benzene rings is 3. The summed E-state index contributed by atoms with van der Waals surface area (Å²) in [6.45, 7) is 1.83. The van der Waals surface area contributed by atoms with Crippen molar-refractivity contribution in [1.82, 2.24) is 5.32 Å². The monoisotopic (exact) mass is 333 g/mol. The van der Waals surface area contributed by atoms with E-state index in [1.165, 1.54) is 11.1 Å². The Kier molecular flexibility index (Phi) is 4.53. The molecule has 25 heavy (non-hydrogen) atoms. The number of hydrogen-bond donors (Lipinski definition) is 1. The van der Waals surface area contributed by atoms with Crippen molar-refractivity contribution in [2.24, 2.45) is 0 Å². The zero-order valence-electron chi connectivity index (χ0n) is 13.8. The number of fused-ring (bicyclic) bond motifs is 1. The van der Waals surface area contributed by atoms with Gasteiger partial charge in [-0.15, -0.1) is 0 Å². The van der Waals surface area contributed by atoms with E-state index in [0.29, 0.717) is 6.79 Å². The van der Waals surface area contributed by atoms with Crippen LogP contribution in [0.1, 0.15) is 11.1 Å². The standard InChI is InChI=1S/C21H19NO3/c1-2-6-18(7-3-1)25-19-8-4-5-16(11-19)13-22-14-17-9-10-20-21(12-17)24-15-23-20/h1-12,22H,13-15H2. The second-order valence-electron chi connectivity index (χ2n) is 5.85. The van der Waals surface area contributed by atoms with E-state index in [9.17, 15) is 0 Å². The molecule has 0 radical (unpaired) electrons. The van der Waals surface area contributed by atoms with Crippen molar-refractivity contribution in [1.29, 1.82) is 0 Å². The van der Waals surface area contributed by atoms with E-state index < -0.39 is 0 Å². The number of hydrogen-bond acceptors (Lipinski definition) is 4. The fraction of sp³-hybridized carbons (Fsp3) is 0.143. The normalized spacial score (nSPS) is 12.2. The summed E-state index contributed by atoms with van der Waals surface area (Å²) >= 11 is 0. The van der Waals surface area contributed by atoms with E-state index in [1.54, 1.807) is 0 Å². The van der Waals surface area contributed by atoms with Gasteiger partial charge in [0.05, 0.1) is 0 Å². The largest absolute Gasteiger partial charge is 0.457 e. The molecule has 3 aromatic rings. The summed E-state index contributed by atoms with van der Waals surface area (Å²) in [6, 6.07) is 23.9.